The molecule has 1 heterocycles. The molecule has 3 aromatic carbocycles. The van der Waals surface area contributed by atoms with Crippen molar-refractivity contribution in [2.24, 2.45) is 0 Å². The van der Waals surface area contributed by atoms with E-state index >= 15 is 0 Å². The largest absolute Gasteiger partial charge is 0.381 e. The SMILES string of the molecule is CN1C[C@@](O)(c2ccccc2)[C@H](Nc2ccccc2)c2ccccc21. The fourth-order valence-corrected chi connectivity index (χ4v) is 3.76. The van der Waals surface area contributed by atoms with Crippen molar-refractivity contribution in [3.05, 3.63) is 96.1 Å². The molecule has 0 saturated heterocycles. The summed E-state index contributed by atoms with van der Waals surface area (Å²) in [6, 6.07) is 28.1. The van der Waals surface area contributed by atoms with E-state index in [2.05, 4.69) is 22.3 Å². The maximum Gasteiger partial charge on any atom is 0.131 e. The molecule has 0 aromatic heterocycles. The third-order valence-corrected chi connectivity index (χ3v) is 4.97. The number of hydrogen-bond acceptors (Lipinski definition) is 3. The number of para-hydroxylation sites is 2. The minimum absolute atomic E-state index is 0.232. The van der Waals surface area contributed by atoms with Crippen molar-refractivity contribution in [3.63, 3.8) is 0 Å². The number of nitrogens with zero attached hydrogens (tertiary/aromatic N) is 1. The van der Waals surface area contributed by atoms with Crippen LogP contribution < -0.4 is 10.2 Å². The second-order valence-electron chi connectivity index (χ2n) is 6.65. The van der Waals surface area contributed by atoms with Crippen LogP contribution >= 0.6 is 0 Å². The van der Waals surface area contributed by atoms with E-state index in [1.807, 2.05) is 79.8 Å². The van der Waals surface area contributed by atoms with E-state index < -0.39 is 5.60 Å². The van der Waals surface area contributed by atoms with Crippen LogP contribution in [0.25, 0.3) is 0 Å². The molecular weight excluding hydrogens is 308 g/mol. The zero-order valence-corrected chi connectivity index (χ0v) is 14.3. The molecule has 2 atom stereocenters. The van der Waals surface area contributed by atoms with Gasteiger partial charge < -0.3 is 15.3 Å². The number of aliphatic hydroxyl groups is 1. The van der Waals surface area contributed by atoms with Crippen molar-refractivity contribution in [2.75, 3.05) is 23.8 Å². The molecule has 1 aliphatic heterocycles. The molecule has 2 N–H and O–H groups in total. The van der Waals surface area contributed by atoms with Gasteiger partial charge in [-0.2, -0.15) is 0 Å². The third kappa shape index (κ3) is 2.77. The first-order valence-electron chi connectivity index (χ1n) is 8.58. The van der Waals surface area contributed by atoms with Gasteiger partial charge in [0.15, 0.2) is 0 Å². The Morgan fingerprint density at radius 3 is 2.20 bits per heavy atom. The maximum absolute atomic E-state index is 11.8. The topological polar surface area (TPSA) is 35.5 Å². The summed E-state index contributed by atoms with van der Waals surface area (Å²) < 4.78 is 0. The molecule has 25 heavy (non-hydrogen) atoms. The van der Waals surface area contributed by atoms with Gasteiger partial charge in [-0.25, -0.2) is 0 Å². The van der Waals surface area contributed by atoms with E-state index in [0.29, 0.717) is 6.54 Å². The maximum atomic E-state index is 11.8. The van der Waals surface area contributed by atoms with Gasteiger partial charge in [0.1, 0.15) is 5.60 Å². The molecule has 0 saturated carbocycles. The van der Waals surface area contributed by atoms with Gasteiger partial charge >= 0.3 is 0 Å². The van der Waals surface area contributed by atoms with E-state index in [0.717, 1.165) is 22.5 Å². The number of anilines is 2. The van der Waals surface area contributed by atoms with Crippen LogP contribution in [-0.4, -0.2) is 18.7 Å². The van der Waals surface area contributed by atoms with Crippen molar-refractivity contribution < 1.29 is 5.11 Å². The van der Waals surface area contributed by atoms with Crippen molar-refractivity contribution in [1.29, 1.82) is 0 Å². The highest BCUT2D eigenvalue weighted by molar-refractivity contribution is 5.62. The highest BCUT2D eigenvalue weighted by Gasteiger charge is 2.45. The van der Waals surface area contributed by atoms with Crippen LogP contribution in [-0.2, 0) is 5.60 Å². The highest BCUT2D eigenvalue weighted by Crippen LogP contribution is 2.45. The van der Waals surface area contributed by atoms with Crippen molar-refractivity contribution >= 4 is 11.4 Å². The molecule has 3 nitrogen and oxygen atoms in total. The van der Waals surface area contributed by atoms with Gasteiger partial charge in [-0.05, 0) is 23.8 Å². The molecule has 0 aliphatic carbocycles. The molecule has 0 bridgehead atoms. The molecule has 1 aliphatic rings. The lowest BCUT2D eigenvalue weighted by Gasteiger charge is -2.46. The van der Waals surface area contributed by atoms with Crippen LogP contribution in [0.5, 0.6) is 0 Å². The van der Waals surface area contributed by atoms with Crippen LogP contribution in [0.1, 0.15) is 17.2 Å². The predicted octanol–water partition coefficient (Wildman–Crippen LogP) is 4.18. The summed E-state index contributed by atoms with van der Waals surface area (Å²) >= 11 is 0. The first-order valence-corrected chi connectivity index (χ1v) is 8.58. The molecule has 0 unspecified atom stereocenters. The normalized spacial score (nSPS) is 22.3. The lowest BCUT2D eigenvalue weighted by molar-refractivity contribution is 0.0192. The summed E-state index contributed by atoms with van der Waals surface area (Å²) in [7, 11) is 2.03. The van der Waals surface area contributed by atoms with Gasteiger partial charge in [0.2, 0.25) is 0 Å². The van der Waals surface area contributed by atoms with Gasteiger partial charge in [-0.3, -0.25) is 0 Å². The van der Waals surface area contributed by atoms with E-state index in [4.69, 9.17) is 0 Å². The molecule has 3 aromatic rings. The first kappa shape index (κ1) is 15.7. The summed E-state index contributed by atoms with van der Waals surface area (Å²) in [5.41, 5.74) is 3.15. The fraction of sp³-hybridized carbons (Fsp3) is 0.182. The number of β-amino-alcohol motifs (C(OH)–C–C–N with tert-alkyl or cyclic N) is 1. The minimum Gasteiger partial charge on any atom is -0.381 e. The fourth-order valence-electron chi connectivity index (χ4n) is 3.76. The summed E-state index contributed by atoms with van der Waals surface area (Å²) in [5, 5.41) is 15.3. The number of nitrogens with one attached hydrogen (secondary N) is 1. The number of fused-ring (bicyclic) bond motifs is 1. The molecule has 0 spiro atoms. The highest BCUT2D eigenvalue weighted by atomic mass is 16.3. The van der Waals surface area contributed by atoms with Gasteiger partial charge in [0, 0.05) is 24.0 Å². The third-order valence-electron chi connectivity index (χ3n) is 4.97. The van der Waals surface area contributed by atoms with Crippen LogP contribution in [0.3, 0.4) is 0 Å². The summed E-state index contributed by atoms with van der Waals surface area (Å²) in [4.78, 5) is 2.13. The van der Waals surface area contributed by atoms with Crippen LogP contribution in [0.2, 0.25) is 0 Å². The molecule has 0 amide bonds. The van der Waals surface area contributed by atoms with Crippen molar-refractivity contribution in [2.45, 2.75) is 11.6 Å². The van der Waals surface area contributed by atoms with Gasteiger partial charge in [0.25, 0.3) is 0 Å². The van der Waals surface area contributed by atoms with Crippen LogP contribution in [0.4, 0.5) is 11.4 Å². The Morgan fingerprint density at radius 1 is 0.880 bits per heavy atom. The Bertz CT molecular complexity index is 850. The van der Waals surface area contributed by atoms with E-state index in [9.17, 15) is 5.11 Å². The average molecular weight is 330 g/mol. The average Bonchev–Trinajstić information content (AvgIpc) is 2.67. The van der Waals surface area contributed by atoms with Gasteiger partial charge in [-0.15, -0.1) is 0 Å². The van der Waals surface area contributed by atoms with Crippen LogP contribution in [0, 0.1) is 0 Å². The molecule has 0 fully saturated rings. The summed E-state index contributed by atoms with van der Waals surface area (Å²) in [5.74, 6) is 0. The van der Waals surface area contributed by atoms with Crippen molar-refractivity contribution in [3.8, 4) is 0 Å². The van der Waals surface area contributed by atoms with Gasteiger partial charge in [-0.1, -0.05) is 66.7 Å². The molecule has 0 radical (unpaired) electrons. The predicted molar refractivity (Wildman–Crippen MR) is 103 cm³/mol. The Hall–Kier alpha value is -2.78. The quantitative estimate of drug-likeness (QED) is 0.756. The summed E-state index contributed by atoms with van der Waals surface area (Å²) in [6.45, 7) is 0.526. The number of benzene rings is 3. The monoisotopic (exact) mass is 330 g/mol. The minimum atomic E-state index is -1.03. The smallest absolute Gasteiger partial charge is 0.131 e. The van der Waals surface area contributed by atoms with Crippen LogP contribution in [0.15, 0.2) is 84.9 Å². The number of hydrogen-bond donors (Lipinski definition) is 2. The Labute approximate surface area is 148 Å². The summed E-state index contributed by atoms with van der Waals surface area (Å²) in [6.07, 6.45) is 0. The van der Waals surface area contributed by atoms with E-state index in [1.54, 1.807) is 0 Å². The van der Waals surface area contributed by atoms with Crippen molar-refractivity contribution in [1.82, 2.24) is 0 Å². The Balaban J connectivity index is 1.85. The van der Waals surface area contributed by atoms with E-state index in [-0.39, 0.29) is 6.04 Å². The zero-order valence-electron chi connectivity index (χ0n) is 14.3. The standard InChI is InChI=1S/C22H22N2O/c1-24-16-22(25,17-10-4-2-5-11-17)21(19-14-8-9-15-20(19)24)23-18-12-6-3-7-13-18/h2-15,21,23,25H,16H2,1H3/t21-,22-/m1/s1. The molecule has 4 rings (SSSR count). The van der Waals surface area contributed by atoms with Gasteiger partial charge in [0.05, 0.1) is 12.6 Å². The Morgan fingerprint density at radius 2 is 1.48 bits per heavy atom. The first-order chi connectivity index (χ1) is 12.2. The lowest BCUT2D eigenvalue weighted by atomic mass is 9.78. The molecular formula is C22H22N2O. The molecule has 3 heteroatoms. The zero-order chi connectivity index (χ0) is 17.3. The lowest BCUT2D eigenvalue weighted by Crippen LogP contribution is -2.50. The molecule has 126 valence electrons. The second kappa shape index (κ2) is 6.26. The van der Waals surface area contributed by atoms with E-state index in [1.165, 1.54) is 0 Å². The number of rotatable bonds is 3. The Kier molecular flexibility index (Phi) is 3.94. The second-order valence-corrected chi connectivity index (χ2v) is 6.65. The number of likely N-dealkylation sites (N-methyl/N-ethyl adjacent to an activating group) is 1.